The molecule has 4 rings (SSSR count). The Morgan fingerprint density at radius 1 is 1.13 bits per heavy atom. The third kappa shape index (κ3) is 6.12. The number of rotatable bonds is 10. The summed E-state index contributed by atoms with van der Waals surface area (Å²) in [5.74, 6) is -2.97. The Balaban J connectivity index is 1.77. The van der Waals surface area contributed by atoms with Crippen molar-refractivity contribution in [1.29, 1.82) is 0 Å². The summed E-state index contributed by atoms with van der Waals surface area (Å²) in [4.78, 5) is 22.9. The highest BCUT2D eigenvalue weighted by atomic mass is 35.5. The van der Waals surface area contributed by atoms with Crippen molar-refractivity contribution in [3.8, 4) is 16.2 Å². The van der Waals surface area contributed by atoms with Gasteiger partial charge in [0.05, 0.1) is 16.3 Å². The van der Waals surface area contributed by atoms with Crippen LogP contribution >= 0.6 is 22.9 Å². The van der Waals surface area contributed by atoms with Crippen molar-refractivity contribution in [2.75, 3.05) is 24.0 Å². The van der Waals surface area contributed by atoms with E-state index in [-0.39, 0.29) is 27.4 Å². The molecule has 0 amide bonds. The van der Waals surface area contributed by atoms with E-state index in [4.69, 9.17) is 21.4 Å². The molecule has 9 nitrogen and oxygen atoms in total. The quantitative estimate of drug-likeness (QED) is 0.317. The van der Waals surface area contributed by atoms with Gasteiger partial charge in [-0.05, 0) is 61.7 Å². The minimum Gasteiger partial charge on any atom is -0.479 e. The van der Waals surface area contributed by atoms with Crippen molar-refractivity contribution in [1.82, 2.24) is 5.32 Å². The van der Waals surface area contributed by atoms with Crippen LogP contribution in [0.25, 0.3) is 10.4 Å². The molecule has 0 atom stereocenters. The van der Waals surface area contributed by atoms with Gasteiger partial charge in [0.25, 0.3) is 0 Å². The maximum atomic E-state index is 13.9. The van der Waals surface area contributed by atoms with E-state index in [1.807, 2.05) is 25.1 Å². The average Bonchev–Trinajstić information content (AvgIpc) is 3.21. The second-order valence-corrected chi connectivity index (χ2v) is 12.1. The number of aromatic carboxylic acids is 1. The lowest BCUT2D eigenvalue weighted by atomic mass is 10.1. The number of carboxylic acids is 2. The van der Waals surface area contributed by atoms with Crippen LogP contribution < -0.4 is 14.4 Å². The van der Waals surface area contributed by atoms with E-state index in [1.54, 1.807) is 30.3 Å². The highest BCUT2D eigenvalue weighted by Crippen LogP contribution is 2.46. The Bertz CT molecular complexity index is 1450. The molecule has 2 aromatic carbocycles. The number of carboxylic acid groups (broad SMARTS) is 2. The number of hydrogen-bond acceptors (Lipinski definition) is 7. The molecule has 0 aliphatic carbocycles. The number of thiophene rings is 1. The molecule has 1 fully saturated rings. The van der Waals surface area contributed by atoms with Gasteiger partial charge in [0.2, 0.25) is 10.0 Å². The van der Waals surface area contributed by atoms with Crippen LogP contribution in [0.5, 0.6) is 5.75 Å². The normalized spacial score (nSPS) is 14.3. The van der Waals surface area contributed by atoms with Crippen LogP contribution in [0.15, 0.2) is 48.5 Å². The molecular formula is C26H27ClN2O7S2. The molecular weight excluding hydrogens is 552 g/mol. The van der Waals surface area contributed by atoms with Crippen LogP contribution in [-0.2, 0) is 20.6 Å². The van der Waals surface area contributed by atoms with E-state index >= 15 is 0 Å². The average molecular weight is 579 g/mol. The molecule has 0 spiro atoms. The van der Waals surface area contributed by atoms with Crippen molar-refractivity contribution < 1.29 is 33.0 Å². The van der Waals surface area contributed by atoms with Crippen molar-refractivity contribution in [3.05, 3.63) is 69.6 Å². The van der Waals surface area contributed by atoms with E-state index < -0.39 is 28.6 Å². The Morgan fingerprint density at radius 3 is 2.50 bits per heavy atom. The van der Waals surface area contributed by atoms with Gasteiger partial charge in [0.1, 0.15) is 5.02 Å². The number of anilines is 1. The van der Waals surface area contributed by atoms with E-state index in [0.717, 1.165) is 22.5 Å². The van der Waals surface area contributed by atoms with Crippen LogP contribution in [0, 0.1) is 6.92 Å². The predicted octanol–water partition coefficient (Wildman–Crippen LogP) is 4.63. The van der Waals surface area contributed by atoms with Crippen molar-refractivity contribution >= 4 is 50.6 Å². The first-order valence-corrected chi connectivity index (χ1v) is 14.7. The van der Waals surface area contributed by atoms with E-state index in [1.165, 1.54) is 4.31 Å². The molecule has 0 radical (unpaired) electrons. The first kappa shape index (κ1) is 27.9. The van der Waals surface area contributed by atoms with Crippen LogP contribution in [-0.4, -0.2) is 56.3 Å². The lowest BCUT2D eigenvalue weighted by Crippen LogP contribution is -2.46. The number of sulfonamides is 1. The Hall–Kier alpha value is -3.12. The van der Waals surface area contributed by atoms with Gasteiger partial charge < -0.3 is 20.3 Å². The van der Waals surface area contributed by atoms with Crippen LogP contribution in [0.4, 0.5) is 5.69 Å². The van der Waals surface area contributed by atoms with E-state index in [2.05, 4.69) is 5.32 Å². The zero-order chi connectivity index (χ0) is 27.4. The zero-order valence-corrected chi connectivity index (χ0v) is 22.9. The Morgan fingerprint density at radius 2 is 1.84 bits per heavy atom. The van der Waals surface area contributed by atoms with E-state index in [0.29, 0.717) is 42.1 Å². The summed E-state index contributed by atoms with van der Waals surface area (Å²) >= 11 is 7.32. The molecule has 202 valence electrons. The van der Waals surface area contributed by atoms with Gasteiger partial charge in [-0.3, -0.25) is 4.31 Å². The highest BCUT2D eigenvalue weighted by molar-refractivity contribution is 7.92. The third-order valence-electron chi connectivity index (χ3n) is 6.25. The van der Waals surface area contributed by atoms with Crippen molar-refractivity contribution in [2.24, 2.45) is 0 Å². The van der Waals surface area contributed by atoms with Gasteiger partial charge in [-0.25, -0.2) is 18.0 Å². The largest absolute Gasteiger partial charge is 0.479 e. The summed E-state index contributed by atoms with van der Waals surface area (Å²) in [7, 11) is -3.80. The minimum absolute atomic E-state index is 0.0398. The summed E-state index contributed by atoms with van der Waals surface area (Å²) in [5.41, 5.74) is 2.54. The highest BCUT2D eigenvalue weighted by Gasteiger charge is 2.32. The number of aryl methyl sites for hydroxylation is 1. The third-order valence-corrected chi connectivity index (χ3v) is 9.71. The Labute approximate surface area is 229 Å². The second-order valence-electron chi connectivity index (χ2n) is 8.90. The summed E-state index contributed by atoms with van der Waals surface area (Å²) in [6.45, 7) is 2.49. The molecule has 1 saturated heterocycles. The first-order chi connectivity index (χ1) is 18.1. The summed E-state index contributed by atoms with van der Waals surface area (Å²) in [6, 6.07) is 13.9. The van der Waals surface area contributed by atoms with Gasteiger partial charge in [-0.2, -0.15) is 0 Å². The number of benzene rings is 2. The fourth-order valence-corrected chi connectivity index (χ4v) is 7.81. The van der Waals surface area contributed by atoms with Gasteiger partial charge in [0, 0.05) is 6.04 Å². The number of piperidine rings is 1. The standard InChI is InChI=1S/C26H27ClN2O7S2/c1-16-5-2-3-6-18(16)15-38(34,35)29(19-9-11-28-12-10-19)20-8-4-7-17(13-20)24-22(27)23(36-14-21(30)31)25(37-24)26(32)33/h2-8,13,19,28H,9-12,14-15H2,1H3,(H,30,31)(H,32,33). The minimum atomic E-state index is -3.80. The molecule has 0 bridgehead atoms. The van der Waals surface area contributed by atoms with Gasteiger partial charge in [-0.1, -0.05) is 48.0 Å². The van der Waals surface area contributed by atoms with Gasteiger partial charge in [0.15, 0.2) is 17.2 Å². The molecule has 1 aromatic heterocycles. The number of ether oxygens (including phenoxy) is 1. The SMILES string of the molecule is Cc1ccccc1CS(=O)(=O)N(c1cccc(-c2sc(C(=O)O)c(OCC(=O)O)c2Cl)c1)C1CCNCC1. The van der Waals surface area contributed by atoms with E-state index in [9.17, 15) is 23.1 Å². The molecule has 3 N–H and O–H groups in total. The van der Waals surface area contributed by atoms with Gasteiger partial charge >= 0.3 is 11.9 Å². The van der Waals surface area contributed by atoms with Crippen LogP contribution in [0.1, 0.15) is 33.6 Å². The fourth-order valence-electron chi connectivity index (χ4n) is 4.45. The molecule has 12 heteroatoms. The molecule has 2 heterocycles. The lowest BCUT2D eigenvalue weighted by molar-refractivity contribution is -0.139. The number of nitrogens with zero attached hydrogens (tertiary/aromatic N) is 1. The molecule has 3 aromatic rings. The maximum Gasteiger partial charge on any atom is 0.349 e. The molecule has 1 aliphatic rings. The predicted molar refractivity (Wildman–Crippen MR) is 147 cm³/mol. The number of nitrogens with one attached hydrogen (secondary N) is 1. The van der Waals surface area contributed by atoms with Crippen molar-refractivity contribution in [3.63, 3.8) is 0 Å². The van der Waals surface area contributed by atoms with Crippen LogP contribution in [0.3, 0.4) is 0 Å². The smallest absolute Gasteiger partial charge is 0.349 e. The zero-order valence-electron chi connectivity index (χ0n) is 20.5. The topological polar surface area (TPSA) is 133 Å². The lowest BCUT2D eigenvalue weighted by Gasteiger charge is -2.35. The Kier molecular flexibility index (Phi) is 8.61. The second kappa shape index (κ2) is 11.7. The monoisotopic (exact) mass is 578 g/mol. The maximum absolute atomic E-state index is 13.9. The summed E-state index contributed by atoms with van der Waals surface area (Å²) in [5, 5.41) is 21.8. The van der Waals surface area contributed by atoms with Crippen LogP contribution in [0.2, 0.25) is 5.02 Å². The summed E-state index contributed by atoms with van der Waals surface area (Å²) in [6.07, 6.45) is 1.26. The number of carbonyl (C=O) groups is 2. The fraction of sp³-hybridized carbons (Fsp3) is 0.308. The van der Waals surface area contributed by atoms with Crippen molar-refractivity contribution in [2.45, 2.75) is 31.6 Å². The molecule has 38 heavy (non-hydrogen) atoms. The van der Waals surface area contributed by atoms with Gasteiger partial charge in [-0.15, -0.1) is 11.3 Å². The molecule has 1 aliphatic heterocycles. The molecule has 0 unspecified atom stereocenters. The number of halogens is 1. The summed E-state index contributed by atoms with van der Waals surface area (Å²) < 4.78 is 34.4. The number of aliphatic carboxylic acids is 1. The number of hydrogen-bond donors (Lipinski definition) is 3. The molecule has 0 saturated carbocycles. The first-order valence-electron chi connectivity index (χ1n) is 11.9.